The summed E-state index contributed by atoms with van der Waals surface area (Å²) >= 11 is 3.26. The van der Waals surface area contributed by atoms with Crippen molar-refractivity contribution >= 4 is 31.6 Å². The molecule has 1 aromatic carbocycles. The number of benzene rings is 1. The van der Waals surface area contributed by atoms with Crippen LogP contribution >= 0.6 is 15.9 Å². The molecule has 20 heavy (non-hydrogen) atoms. The molecule has 0 amide bonds. The molecule has 3 N–H and O–H groups in total. The highest BCUT2D eigenvalue weighted by molar-refractivity contribution is 9.10. The fraction of sp³-hybridized carbons (Fsp3) is 0.538. The lowest BCUT2D eigenvalue weighted by atomic mass is 9.92. The summed E-state index contributed by atoms with van der Waals surface area (Å²) in [6.45, 7) is 3.95. The van der Waals surface area contributed by atoms with Crippen LogP contribution in [0.5, 0.6) is 0 Å². The maximum Gasteiger partial charge on any atom is 0.243 e. The second-order valence-electron chi connectivity index (χ2n) is 5.37. The minimum absolute atomic E-state index is 0.148. The van der Waals surface area contributed by atoms with Gasteiger partial charge in [-0.1, -0.05) is 29.3 Å². The predicted molar refractivity (Wildman–Crippen MR) is 81.9 cm³/mol. The lowest BCUT2D eigenvalue weighted by Gasteiger charge is -2.45. The first-order valence-corrected chi connectivity index (χ1v) is 8.71. The number of rotatable bonds is 4. The number of anilines is 1. The fourth-order valence-electron chi connectivity index (χ4n) is 2.48. The third-order valence-electron chi connectivity index (χ3n) is 3.64. The molecule has 1 saturated heterocycles. The van der Waals surface area contributed by atoms with Crippen LogP contribution < -0.4 is 5.73 Å². The Bertz CT molecular complexity index is 625. The number of nitrogens with two attached hydrogens (primary N) is 1. The van der Waals surface area contributed by atoms with Gasteiger partial charge in [0.1, 0.15) is 0 Å². The van der Waals surface area contributed by atoms with Crippen LogP contribution in [-0.4, -0.2) is 36.5 Å². The third kappa shape index (κ3) is 2.72. The molecule has 0 atom stereocenters. The molecule has 1 aromatic rings. The topological polar surface area (TPSA) is 83.6 Å². The number of β-amino-alcohol motifs (C(OH)–C–C–N with tert-alkyl or cyclic N) is 1. The molecule has 112 valence electrons. The molecule has 2 rings (SSSR count). The number of aliphatic hydroxyl groups is 1. The third-order valence-corrected chi connectivity index (χ3v) is 6.02. The van der Waals surface area contributed by atoms with Crippen molar-refractivity contribution in [2.75, 3.05) is 18.8 Å². The maximum atomic E-state index is 12.6. The molecule has 7 heteroatoms. The highest BCUT2D eigenvalue weighted by Gasteiger charge is 2.46. The highest BCUT2D eigenvalue weighted by atomic mass is 79.9. The summed E-state index contributed by atoms with van der Waals surface area (Å²) in [7, 11) is -3.60. The van der Waals surface area contributed by atoms with Gasteiger partial charge in [0.25, 0.3) is 0 Å². The predicted octanol–water partition coefficient (Wildman–Crippen LogP) is 1.88. The summed E-state index contributed by atoms with van der Waals surface area (Å²) in [5.41, 5.74) is 5.91. The van der Waals surface area contributed by atoms with E-state index in [4.69, 9.17) is 5.73 Å². The van der Waals surface area contributed by atoms with Crippen molar-refractivity contribution < 1.29 is 13.5 Å². The Hall–Kier alpha value is -0.630. The lowest BCUT2D eigenvalue weighted by Crippen LogP contribution is -2.63. The molecule has 0 aliphatic carbocycles. The van der Waals surface area contributed by atoms with E-state index in [1.807, 2.05) is 6.92 Å². The molecular formula is C13H19BrN2O3S. The standard InChI is InChI=1S/C13H19BrN2O3S/c1-3-4-13(17)7-16(8-13)20(18,19)12-6-10(14)5-11(15)9(12)2/h5-6,17H,3-4,7-8,15H2,1-2H3. The van der Waals surface area contributed by atoms with Crippen molar-refractivity contribution in [2.45, 2.75) is 37.2 Å². The zero-order chi connectivity index (χ0) is 15.1. The largest absolute Gasteiger partial charge is 0.398 e. The lowest BCUT2D eigenvalue weighted by molar-refractivity contribution is -0.0653. The molecule has 5 nitrogen and oxygen atoms in total. The molecule has 1 aliphatic heterocycles. The molecule has 0 spiro atoms. The van der Waals surface area contributed by atoms with Crippen LogP contribution in [0, 0.1) is 6.92 Å². The van der Waals surface area contributed by atoms with Crippen LogP contribution in [0.15, 0.2) is 21.5 Å². The first-order valence-electron chi connectivity index (χ1n) is 6.48. The zero-order valence-electron chi connectivity index (χ0n) is 11.6. The van der Waals surface area contributed by atoms with Gasteiger partial charge >= 0.3 is 0 Å². The van der Waals surface area contributed by atoms with Gasteiger partial charge in [-0.15, -0.1) is 0 Å². The van der Waals surface area contributed by atoms with Crippen LogP contribution in [-0.2, 0) is 10.0 Å². The van der Waals surface area contributed by atoms with Gasteiger partial charge in [-0.2, -0.15) is 4.31 Å². The van der Waals surface area contributed by atoms with E-state index in [9.17, 15) is 13.5 Å². The summed E-state index contributed by atoms with van der Waals surface area (Å²) in [4.78, 5) is 0.197. The maximum absolute atomic E-state index is 12.6. The Morgan fingerprint density at radius 3 is 2.60 bits per heavy atom. The van der Waals surface area contributed by atoms with Crippen molar-refractivity contribution in [3.05, 3.63) is 22.2 Å². The van der Waals surface area contributed by atoms with Crippen LogP contribution in [0.4, 0.5) is 5.69 Å². The van der Waals surface area contributed by atoms with Gasteiger partial charge in [0.15, 0.2) is 0 Å². The highest BCUT2D eigenvalue weighted by Crippen LogP contribution is 2.34. The van der Waals surface area contributed by atoms with E-state index in [0.29, 0.717) is 22.1 Å². The number of halogens is 1. The summed E-state index contributed by atoms with van der Waals surface area (Å²) in [6.07, 6.45) is 1.44. The zero-order valence-corrected chi connectivity index (χ0v) is 14.0. The van der Waals surface area contributed by atoms with Crippen LogP contribution in [0.25, 0.3) is 0 Å². The second-order valence-corrected chi connectivity index (χ2v) is 8.19. The van der Waals surface area contributed by atoms with Gasteiger partial charge in [-0.05, 0) is 31.0 Å². The Labute approximate surface area is 128 Å². The molecular weight excluding hydrogens is 344 g/mol. The summed E-state index contributed by atoms with van der Waals surface area (Å²) < 4.78 is 27.1. The Kier molecular flexibility index (Phi) is 4.17. The fourth-order valence-corrected chi connectivity index (χ4v) is 4.99. The number of hydrogen-bond donors (Lipinski definition) is 2. The van der Waals surface area contributed by atoms with Gasteiger partial charge in [0, 0.05) is 23.2 Å². The first kappa shape index (κ1) is 15.8. The van der Waals surface area contributed by atoms with Crippen molar-refractivity contribution in [2.24, 2.45) is 0 Å². The van der Waals surface area contributed by atoms with Crippen molar-refractivity contribution in [1.82, 2.24) is 4.31 Å². The minimum atomic E-state index is -3.60. The SMILES string of the molecule is CCCC1(O)CN(S(=O)(=O)c2cc(Br)cc(N)c2C)C1. The number of nitrogens with zero attached hydrogens (tertiary/aromatic N) is 1. The Balaban J connectivity index is 2.30. The van der Waals surface area contributed by atoms with E-state index < -0.39 is 15.6 Å². The summed E-state index contributed by atoms with van der Waals surface area (Å²) in [5, 5.41) is 10.1. The average molecular weight is 363 g/mol. The first-order chi connectivity index (χ1) is 9.19. The molecule has 0 radical (unpaired) electrons. The van der Waals surface area contributed by atoms with Gasteiger partial charge in [0.2, 0.25) is 10.0 Å². The smallest absolute Gasteiger partial charge is 0.243 e. The number of sulfonamides is 1. The van der Waals surface area contributed by atoms with Gasteiger partial charge < -0.3 is 10.8 Å². The molecule has 1 fully saturated rings. The van der Waals surface area contributed by atoms with Crippen molar-refractivity contribution in [1.29, 1.82) is 0 Å². The van der Waals surface area contributed by atoms with Crippen molar-refractivity contribution in [3.63, 3.8) is 0 Å². The van der Waals surface area contributed by atoms with Crippen LogP contribution in [0.3, 0.4) is 0 Å². The van der Waals surface area contributed by atoms with E-state index in [-0.39, 0.29) is 18.0 Å². The minimum Gasteiger partial charge on any atom is -0.398 e. The van der Waals surface area contributed by atoms with Crippen LogP contribution in [0.1, 0.15) is 25.3 Å². The number of hydrogen-bond acceptors (Lipinski definition) is 4. The van der Waals surface area contributed by atoms with Gasteiger partial charge in [0.05, 0.1) is 10.5 Å². The van der Waals surface area contributed by atoms with E-state index in [1.165, 1.54) is 4.31 Å². The van der Waals surface area contributed by atoms with E-state index in [1.54, 1.807) is 19.1 Å². The van der Waals surface area contributed by atoms with Crippen molar-refractivity contribution in [3.8, 4) is 0 Å². The van der Waals surface area contributed by atoms with Crippen LogP contribution in [0.2, 0.25) is 0 Å². The monoisotopic (exact) mass is 362 g/mol. The molecule has 0 aromatic heterocycles. The molecule has 0 bridgehead atoms. The Morgan fingerprint density at radius 2 is 2.05 bits per heavy atom. The second kappa shape index (κ2) is 5.29. The quantitative estimate of drug-likeness (QED) is 0.800. The summed E-state index contributed by atoms with van der Waals surface area (Å²) in [5.74, 6) is 0. The van der Waals surface area contributed by atoms with Gasteiger partial charge in [-0.3, -0.25) is 0 Å². The molecule has 1 heterocycles. The summed E-state index contributed by atoms with van der Waals surface area (Å²) in [6, 6.07) is 3.23. The van der Waals surface area contributed by atoms with E-state index >= 15 is 0 Å². The molecule has 0 unspecified atom stereocenters. The normalized spacial score (nSPS) is 18.8. The van der Waals surface area contributed by atoms with Gasteiger partial charge in [-0.25, -0.2) is 8.42 Å². The molecule has 1 aliphatic rings. The Morgan fingerprint density at radius 1 is 1.45 bits per heavy atom. The number of nitrogen functional groups attached to an aromatic ring is 1. The van der Waals surface area contributed by atoms with E-state index in [2.05, 4.69) is 15.9 Å². The average Bonchev–Trinajstić information content (AvgIpc) is 2.30. The van der Waals surface area contributed by atoms with E-state index in [0.717, 1.165) is 6.42 Å². The molecule has 0 saturated carbocycles.